The molecule has 0 saturated heterocycles. The van der Waals surface area contributed by atoms with Crippen molar-refractivity contribution in [1.82, 2.24) is 9.88 Å². The first-order valence-electron chi connectivity index (χ1n) is 8.58. The topological polar surface area (TPSA) is 62.4 Å². The van der Waals surface area contributed by atoms with Crippen LogP contribution in [0.3, 0.4) is 0 Å². The molecule has 3 rings (SSSR count). The van der Waals surface area contributed by atoms with Crippen molar-refractivity contribution in [2.75, 3.05) is 14.2 Å². The molecular weight excluding hydrogens is 328 g/mol. The lowest BCUT2D eigenvalue weighted by atomic mass is 10.0. The van der Waals surface area contributed by atoms with E-state index >= 15 is 0 Å². The summed E-state index contributed by atoms with van der Waals surface area (Å²) in [6.07, 6.45) is 2.29. The Labute approximate surface area is 152 Å². The number of amides is 1. The van der Waals surface area contributed by atoms with E-state index in [0.29, 0.717) is 12.0 Å². The fourth-order valence-electron chi connectivity index (χ4n) is 3.26. The number of rotatable bonds is 6. The number of carbonyl (C=O) groups excluding carboxylic acids is 2. The van der Waals surface area contributed by atoms with Crippen molar-refractivity contribution < 1.29 is 14.3 Å². The van der Waals surface area contributed by atoms with E-state index in [9.17, 15) is 9.59 Å². The number of hydrogen-bond donors (Lipinski definition) is 1. The molecule has 1 atom stereocenters. The Kier molecular flexibility index (Phi) is 5.07. The van der Waals surface area contributed by atoms with Crippen molar-refractivity contribution in [3.8, 4) is 5.75 Å². The SMILES string of the molecule is CCC(c1cccc(OC)c1)N(C)C(=O)C(=O)c1c[nH]c2ccccc12. The molecule has 5 nitrogen and oxygen atoms in total. The molecule has 3 aromatic rings. The van der Waals surface area contributed by atoms with E-state index in [1.807, 2.05) is 55.5 Å². The highest BCUT2D eigenvalue weighted by Crippen LogP contribution is 2.27. The van der Waals surface area contributed by atoms with E-state index in [4.69, 9.17) is 4.74 Å². The maximum Gasteiger partial charge on any atom is 0.295 e. The lowest BCUT2D eigenvalue weighted by molar-refractivity contribution is -0.127. The van der Waals surface area contributed by atoms with Crippen molar-refractivity contribution in [1.29, 1.82) is 0 Å². The fraction of sp³-hybridized carbons (Fsp3) is 0.238. The minimum atomic E-state index is -0.524. The van der Waals surface area contributed by atoms with Gasteiger partial charge in [0.05, 0.1) is 18.7 Å². The number of ketones is 1. The number of hydrogen-bond acceptors (Lipinski definition) is 3. The summed E-state index contributed by atoms with van der Waals surface area (Å²) < 4.78 is 5.27. The third-order valence-corrected chi connectivity index (χ3v) is 4.68. The Hall–Kier alpha value is -3.08. The molecule has 26 heavy (non-hydrogen) atoms. The predicted molar refractivity (Wildman–Crippen MR) is 101 cm³/mol. The van der Waals surface area contributed by atoms with Crippen LogP contribution in [0.4, 0.5) is 0 Å². The minimum Gasteiger partial charge on any atom is -0.497 e. The molecule has 0 radical (unpaired) electrons. The molecule has 1 aromatic heterocycles. The van der Waals surface area contributed by atoms with Crippen LogP contribution in [-0.4, -0.2) is 35.7 Å². The standard InChI is InChI=1S/C21H22N2O3/c1-4-19(14-8-7-9-15(12-14)26-3)23(2)21(25)20(24)17-13-22-18-11-6-5-10-16(17)18/h5-13,19,22H,4H2,1-3H3. The largest absolute Gasteiger partial charge is 0.497 e. The normalized spacial score (nSPS) is 12.0. The number of nitrogens with one attached hydrogen (secondary N) is 1. The van der Waals surface area contributed by atoms with E-state index in [2.05, 4.69) is 4.98 Å². The number of ether oxygens (including phenoxy) is 1. The van der Waals surface area contributed by atoms with Crippen LogP contribution in [-0.2, 0) is 4.79 Å². The van der Waals surface area contributed by atoms with Crippen molar-refractivity contribution >= 4 is 22.6 Å². The highest BCUT2D eigenvalue weighted by atomic mass is 16.5. The van der Waals surface area contributed by atoms with Gasteiger partial charge in [-0.25, -0.2) is 0 Å². The quantitative estimate of drug-likeness (QED) is 0.540. The van der Waals surface area contributed by atoms with Crippen LogP contribution in [0.25, 0.3) is 10.9 Å². The molecule has 5 heteroatoms. The van der Waals surface area contributed by atoms with Crippen LogP contribution in [0.2, 0.25) is 0 Å². The minimum absolute atomic E-state index is 0.202. The van der Waals surface area contributed by atoms with Crippen molar-refractivity contribution in [2.24, 2.45) is 0 Å². The van der Waals surface area contributed by atoms with Gasteiger partial charge < -0.3 is 14.6 Å². The summed E-state index contributed by atoms with van der Waals surface area (Å²) in [6.45, 7) is 1.99. The van der Waals surface area contributed by atoms with Gasteiger partial charge in [-0.1, -0.05) is 37.3 Å². The molecule has 0 aliphatic rings. The number of nitrogens with zero attached hydrogens (tertiary/aromatic N) is 1. The van der Waals surface area contributed by atoms with Crippen LogP contribution < -0.4 is 4.74 Å². The van der Waals surface area contributed by atoms with Crippen molar-refractivity contribution in [3.63, 3.8) is 0 Å². The summed E-state index contributed by atoms with van der Waals surface area (Å²) in [6, 6.07) is 14.8. The average Bonchev–Trinajstić information content (AvgIpc) is 3.11. The molecule has 134 valence electrons. The number of methoxy groups -OCH3 is 1. The van der Waals surface area contributed by atoms with Crippen LogP contribution in [0, 0.1) is 0 Å². The van der Waals surface area contributed by atoms with Crippen LogP contribution >= 0.6 is 0 Å². The van der Waals surface area contributed by atoms with Crippen LogP contribution in [0.15, 0.2) is 54.7 Å². The molecule has 0 aliphatic carbocycles. The number of likely N-dealkylation sites (N-methyl/N-ethyl adjacent to an activating group) is 1. The fourth-order valence-corrected chi connectivity index (χ4v) is 3.26. The van der Waals surface area contributed by atoms with Crippen molar-refractivity contribution in [2.45, 2.75) is 19.4 Å². The Balaban J connectivity index is 1.88. The van der Waals surface area contributed by atoms with Gasteiger partial charge in [-0.2, -0.15) is 0 Å². The van der Waals surface area contributed by atoms with E-state index in [1.54, 1.807) is 20.4 Å². The summed E-state index contributed by atoms with van der Waals surface area (Å²) in [7, 11) is 3.28. The summed E-state index contributed by atoms with van der Waals surface area (Å²) in [4.78, 5) is 30.2. The molecule has 1 heterocycles. The molecule has 1 unspecified atom stereocenters. The number of Topliss-reactive ketones (excluding diaryl/α,β-unsaturated/α-hetero) is 1. The summed E-state index contributed by atoms with van der Waals surface area (Å²) in [5, 5.41) is 0.758. The lowest BCUT2D eigenvalue weighted by Gasteiger charge is -2.27. The first kappa shape index (κ1) is 17.7. The monoisotopic (exact) mass is 350 g/mol. The van der Waals surface area contributed by atoms with Gasteiger partial charge in [0.15, 0.2) is 0 Å². The number of carbonyl (C=O) groups is 2. The van der Waals surface area contributed by atoms with E-state index < -0.39 is 11.7 Å². The Morgan fingerprint density at radius 2 is 1.92 bits per heavy atom. The van der Waals surface area contributed by atoms with E-state index in [1.165, 1.54) is 4.90 Å². The number of H-pyrrole nitrogens is 1. The average molecular weight is 350 g/mol. The number of benzene rings is 2. The van der Waals surface area contributed by atoms with E-state index in [0.717, 1.165) is 22.2 Å². The maximum atomic E-state index is 12.8. The molecule has 0 fully saturated rings. The molecule has 2 aromatic carbocycles. The van der Waals surface area contributed by atoms with Gasteiger partial charge in [0.2, 0.25) is 0 Å². The molecular formula is C21H22N2O3. The first-order valence-corrected chi connectivity index (χ1v) is 8.58. The van der Waals surface area contributed by atoms with Crippen LogP contribution in [0.1, 0.15) is 35.3 Å². The number of aromatic nitrogens is 1. The van der Waals surface area contributed by atoms with Gasteiger partial charge in [-0.05, 0) is 30.2 Å². The summed E-state index contributed by atoms with van der Waals surface area (Å²) >= 11 is 0. The summed E-state index contributed by atoms with van der Waals surface area (Å²) in [5.74, 6) is -0.305. The van der Waals surface area contributed by atoms with Crippen LogP contribution in [0.5, 0.6) is 5.75 Å². The molecule has 1 N–H and O–H groups in total. The van der Waals surface area contributed by atoms with Gasteiger partial charge in [0.1, 0.15) is 5.75 Å². The van der Waals surface area contributed by atoms with Gasteiger partial charge in [0.25, 0.3) is 11.7 Å². The third kappa shape index (κ3) is 3.20. The second-order valence-corrected chi connectivity index (χ2v) is 6.19. The van der Waals surface area contributed by atoms with E-state index in [-0.39, 0.29) is 6.04 Å². The lowest BCUT2D eigenvalue weighted by Crippen LogP contribution is -2.36. The Morgan fingerprint density at radius 3 is 2.65 bits per heavy atom. The van der Waals surface area contributed by atoms with Gasteiger partial charge in [-0.15, -0.1) is 0 Å². The molecule has 0 saturated carbocycles. The molecule has 0 bridgehead atoms. The molecule has 0 spiro atoms. The zero-order valence-corrected chi connectivity index (χ0v) is 15.2. The number of aromatic amines is 1. The molecule has 0 aliphatic heterocycles. The second-order valence-electron chi connectivity index (χ2n) is 6.19. The number of para-hydroxylation sites is 1. The zero-order valence-electron chi connectivity index (χ0n) is 15.2. The smallest absolute Gasteiger partial charge is 0.295 e. The second kappa shape index (κ2) is 7.44. The number of fused-ring (bicyclic) bond motifs is 1. The highest BCUT2D eigenvalue weighted by Gasteiger charge is 2.28. The zero-order chi connectivity index (χ0) is 18.7. The summed E-state index contributed by atoms with van der Waals surface area (Å²) in [5.41, 5.74) is 2.18. The third-order valence-electron chi connectivity index (χ3n) is 4.68. The Morgan fingerprint density at radius 1 is 1.15 bits per heavy atom. The predicted octanol–water partition coefficient (Wildman–Crippen LogP) is 3.97. The maximum absolute atomic E-state index is 12.8. The van der Waals surface area contributed by atoms with Gasteiger partial charge >= 0.3 is 0 Å². The van der Waals surface area contributed by atoms with Gasteiger partial charge in [-0.3, -0.25) is 9.59 Å². The van der Waals surface area contributed by atoms with Gasteiger partial charge in [0, 0.05) is 24.1 Å². The molecule has 1 amide bonds. The first-order chi connectivity index (χ1) is 12.6. The van der Waals surface area contributed by atoms with Crippen molar-refractivity contribution in [3.05, 3.63) is 65.9 Å². The highest BCUT2D eigenvalue weighted by molar-refractivity contribution is 6.44. The Bertz CT molecular complexity index is 945.